The first-order valence-corrected chi connectivity index (χ1v) is 5.65. The lowest BCUT2D eigenvalue weighted by Crippen LogP contribution is -2.18. The van der Waals surface area contributed by atoms with Crippen molar-refractivity contribution in [2.75, 3.05) is 0 Å². The molecule has 0 aliphatic heterocycles. The van der Waals surface area contributed by atoms with Crippen LogP contribution in [-0.4, -0.2) is 27.2 Å². The Labute approximate surface area is 108 Å². The molecule has 1 unspecified atom stereocenters. The van der Waals surface area contributed by atoms with Gasteiger partial charge in [0, 0.05) is 6.04 Å². The summed E-state index contributed by atoms with van der Waals surface area (Å²) in [5.74, 6) is 0.702. The van der Waals surface area contributed by atoms with Crippen molar-refractivity contribution in [3.05, 3.63) is 35.7 Å². The number of hydrogen-bond donors (Lipinski definition) is 2. The Morgan fingerprint density at radius 3 is 2.63 bits per heavy atom. The van der Waals surface area contributed by atoms with Gasteiger partial charge in [-0.05, 0) is 24.6 Å². The lowest BCUT2D eigenvalue weighted by atomic mass is 10.1. The highest BCUT2D eigenvalue weighted by atomic mass is 19.3. The van der Waals surface area contributed by atoms with Gasteiger partial charge in [-0.2, -0.15) is 14.0 Å². The van der Waals surface area contributed by atoms with Crippen LogP contribution in [0.15, 0.2) is 24.3 Å². The molecule has 8 heteroatoms. The number of aromatic amines is 1. The molecule has 6 nitrogen and oxygen atoms in total. The third kappa shape index (κ3) is 3.95. The average molecular weight is 269 g/mol. The molecule has 0 amide bonds. The second kappa shape index (κ2) is 6.19. The van der Waals surface area contributed by atoms with Crippen LogP contribution < -0.4 is 10.1 Å². The standard InChI is InChI=1S/C11H13F2N5O/c1-7(14-6-10-15-17-18-16-10)8-2-4-9(5-3-8)19-11(12)13/h2-5,7,11,14H,6H2,1H3,(H,15,16,17,18). The second-order valence-corrected chi connectivity index (χ2v) is 3.88. The number of H-pyrrole nitrogens is 1. The molecule has 0 bridgehead atoms. The van der Waals surface area contributed by atoms with Gasteiger partial charge in [0.1, 0.15) is 5.75 Å². The summed E-state index contributed by atoms with van der Waals surface area (Å²) in [5, 5.41) is 16.6. The van der Waals surface area contributed by atoms with Crippen molar-refractivity contribution in [3.8, 4) is 5.75 Å². The number of hydrogen-bond acceptors (Lipinski definition) is 5. The number of benzene rings is 1. The van der Waals surface area contributed by atoms with Gasteiger partial charge in [-0.25, -0.2) is 0 Å². The first-order chi connectivity index (χ1) is 9.15. The van der Waals surface area contributed by atoms with Crippen LogP contribution in [0.1, 0.15) is 24.4 Å². The summed E-state index contributed by atoms with van der Waals surface area (Å²) < 4.78 is 28.3. The average Bonchev–Trinajstić information content (AvgIpc) is 2.89. The maximum atomic E-state index is 12.0. The number of ether oxygens (including phenoxy) is 1. The van der Waals surface area contributed by atoms with Crippen LogP contribution in [-0.2, 0) is 6.54 Å². The van der Waals surface area contributed by atoms with Gasteiger partial charge in [0.2, 0.25) is 0 Å². The molecule has 1 aromatic heterocycles. The lowest BCUT2D eigenvalue weighted by Gasteiger charge is -2.13. The molecule has 102 valence electrons. The second-order valence-electron chi connectivity index (χ2n) is 3.88. The fourth-order valence-corrected chi connectivity index (χ4v) is 1.56. The SMILES string of the molecule is CC(NCc1nn[nH]n1)c1ccc(OC(F)F)cc1. The van der Waals surface area contributed by atoms with E-state index in [1.54, 1.807) is 12.1 Å². The summed E-state index contributed by atoms with van der Waals surface area (Å²) in [6.45, 7) is -0.393. The van der Waals surface area contributed by atoms with Gasteiger partial charge >= 0.3 is 6.61 Å². The molecule has 0 radical (unpaired) electrons. The van der Waals surface area contributed by atoms with Crippen molar-refractivity contribution in [2.24, 2.45) is 0 Å². The quantitative estimate of drug-likeness (QED) is 0.834. The third-order valence-corrected chi connectivity index (χ3v) is 2.56. The van der Waals surface area contributed by atoms with Crippen LogP contribution in [0.25, 0.3) is 0 Å². The molecule has 0 aliphatic carbocycles. The minimum absolute atomic E-state index is 0.0269. The van der Waals surface area contributed by atoms with Crippen LogP contribution in [0.5, 0.6) is 5.75 Å². The van der Waals surface area contributed by atoms with E-state index >= 15 is 0 Å². The maximum absolute atomic E-state index is 12.0. The summed E-state index contributed by atoms with van der Waals surface area (Å²) in [4.78, 5) is 0. The zero-order chi connectivity index (χ0) is 13.7. The Bertz CT molecular complexity index is 488. The van der Waals surface area contributed by atoms with Crippen molar-refractivity contribution < 1.29 is 13.5 Å². The first-order valence-electron chi connectivity index (χ1n) is 5.65. The molecule has 0 spiro atoms. The molecule has 2 aromatic rings. The summed E-state index contributed by atoms with van der Waals surface area (Å²) in [5.41, 5.74) is 0.949. The van der Waals surface area contributed by atoms with Gasteiger partial charge < -0.3 is 10.1 Å². The molecule has 1 aromatic carbocycles. The number of alkyl halides is 2. The van der Waals surface area contributed by atoms with E-state index in [4.69, 9.17) is 0 Å². The van der Waals surface area contributed by atoms with E-state index in [9.17, 15) is 8.78 Å². The van der Waals surface area contributed by atoms with E-state index in [1.807, 2.05) is 6.92 Å². The van der Waals surface area contributed by atoms with Gasteiger partial charge in [-0.3, -0.25) is 0 Å². The van der Waals surface area contributed by atoms with Gasteiger partial charge in [0.05, 0.1) is 6.54 Å². The van der Waals surface area contributed by atoms with Crippen LogP contribution in [0.2, 0.25) is 0 Å². The molecule has 0 saturated carbocycles. The topological polar surface area (TPSA) is 75.7 Å². The Morgan fingerprint density at radius 1 is 1.32 bits per heavy atom. The van der Waals surface area contributed by atoms with Crippen LogP contribution >= 0.6 is 0 Å². The van der Waals surface area contributed by atoms with E-state index in [1.165, 1.54) is 12.1 Å². The number of nitrogens with one attached hydrogen (secondary N) is 2. The molecular weight excluding hydrogens is 256 g/mol. The fourth-order valence-electron chi connectivity index (χ4n) is 1.56. The van der Waals surface area contributed by atoms with Crippen molar-refractivity contribution in [1.82, 2.24) is 25.9 Å². The summed E-state index contributed by atoms with van der Waals surface area (Å²) in [7, 11) is 0. The molecule has 2 rings (SSSR count). The van der Waals surface area contributed by atoms with Crippen molar-refractivity contribution in [2.45, 2.75) is 26.1 Å². The van der Waals surface area contributed by atoms with Crippen molar-refractivity contribution in [1.29, 1.82) is 0 Å². The summed E-state index contributed by atoms with van der Waals surface area (Å²) in [6, 6.07) is 6.50. The molecule has 0 aliphatic rings. The zero-order valence-electron chi connectivity index (χ0n) is 10.2. The first kappa shape index (κ1) is 13.3. The smallest absolute Gasteiger partial charge is 0.387 e. The Morgan fingerprint density at radius 2 is 2.05 bits per heavy atom. The molecule has 0 saturated heterocycles. The number of tetrazole rings is 1. The van der Waals surface area contributed by atoms with Crippen LogP contribution in [0.4, 0.5) is 8.78 Å². The van der Waals surface area contributed by atoms with Gasteiger partial charge in [-0.15, -0.1) is 10.2 Å². The highest BCUT2D eigenvalue weighted by molar-refractivity contribution is 5.28. The number of aromatic nitrogens is 4. The normalized spacial score (nSPS) is 12.6. The van der Waals surface area contributed by atoms with Gasteiger partial charge in [-0.1, -0.05) is 17.3 Å². The van der Waals surface area contributed by atoms with Gasteiger partial charge in [0.25, 0.3) is 0 Å². The molecule has 19 heavy (non-hydrogen) atoms. The minimum atomic E-state index is -2.81. The number of nitrogens with zero attached hydrogens (tertiary/aromatic N) is 3. The monoisotopic (exact) mass is 269 g/mol. The van der Waals surface area contributed by atoms with E-state index in [0.717, 1.165) is 5.56 Å². The van der Waals surface area contributed by atoms with E-state index in [-0.39, 0.29) is 11.8 Å². The van der Waals surface area contributed by atoms with E-state index < -0.39 is 6.61 Å². The van der Waals surface area contributed by atoms with Crippen molar-refractivity contribution >= 4 is 0 Å². The Kier molecular flexibility index (Phi) is 4.35. The largest absolute Gasteiger partial charge is 0.435 e. The highest BCUT2D eigenvalue weighted by Gasteiger charge is 2.08. The molecule has 1 atom stereocenters. The van der Waals surface area contributed by atoms with Crippen LogP contribution in [0.3, 0.4) is 0 Å². The summed E-state index contributed by atoms with van der Waals surface area (Å²) in [6.07, 6.45) is 0. The lowest BCUT2D eigenvalue weighted by molar-refractivity contribution is -0.0498. The highest BCUT2D eigenvalue weighted by Crippen LogP contribution is 2.19. The third-order valence-electron chi connectivity index (χ3n) is 2.56. The zero-order valence-corrected chi connectivity index (χ0v) is 10.2. The molecule has 2 N–H and O–H groups in total. The maximum Gasteiger partial charge on any atom is 0.387 e. The predicted octanol–water partition coefficient (Wildman–Crippen LogP) is 1.65. The fraction of sp³-hybridized carbons (Fsp3) is 0.364. The number of halogens is 2. The molecular formula is C11H13F2N5O. The van der Waals surface area contributed by atoms with E-state index in [0.29, 0.717) is 12.4 Å². The number of rotatable bonds is 6. The van der Waals surface area contributed by atoms with Crippen LogP contribution in [0, 0.1) is 0 Å². The molecule has 1 heterocycles. The van der Waals surface area contributed by atoms with Crippen molar-refractivity contribution in [3.63, 3.8) is 0 Å². The summed E-state index contributed by atoms with van der Waals surface area (Å²) >= 11 is 0. The Hall–Kier alpha value is -2.09. The van der Waals surface area contributed by atoms with Gasteiger partial charge in [0.15, 0.2) is 5.82 Å². The Balaban J connectivity index is 1.90. The van der Waals surface area contributed by atoms with E-state index in [2.05, 4.69) is 30.7 Å². The minimum Gasteiger partial charge on any atom is -0.435 e. The predicted molar refractivity (Wildman–Crippen MR) is 62.5 cm³/mol. The molecule has 0 fully saturated rings.